The molecule has 3 heteroatoms. The Morgan fingerprint density at radius 3 is 2.55 bits per heavy atom. The van der Waals surface area contributed by atoms with E-state index < -0.39 is 0 Å². The predicted octanol–water partition coefficient (Wildman–Crippen LogP) is 4.44. The normalized spacial score (nSPS) is 10.8. The van der Waals surface area contributed by atoms with E-state index in [4.69, 9.17) is 0 Å². The zero-order valence-corrected chi connectivity index (χ0v) is 11.8. The first kappa shape index (κ1) is 14.7. The van der Waals surface area contributed by atoms with Gasteiger partial charge in [-0.15, -0.1) is 0 Å². The van der Waals surface area contributed by atoms with E-state index in [1.807, 2.05) is 6.92 Å². The van der Waals surface area contributed by atoms with E-state index in [0.29, 0.717) is 12.1 Å². The van der Waals surface area contributed by atoms with Crippen molar-refractivity contribution >= 4 is 0 Å². The Labute approximate surface area is 118 Å². The molecule has 0 saturated carbocycles. The lowest BCUT2D eigenvalue weighted by Gasteiger charge is -2.12. The average molecular weight is 275 g/mol. The highest BCUT2D eigenvalue weighted by Gasteiger charge is 2.11. The van der Waals surface area contributed by atoms with Gasteiger partial charge in [0.2, 0.25) is 0 Å². The van der Waals surface area contributed by atoms with Gasteiger partial charge in [-0.2, -0.15) is 0 Å². The van der Waals surface area contributed by atoms with E-state index in [2.05, 4.69) is 12.2 Å². The summed E-state index contributed by atoms with van der Waals surface area (Å²) >= 11 is 0. The third kappa shape index (κ3) is 3.42. The number of aryl methyl sites for hydroxylation is 1. The Balaban J connectivity index is 2.41. The highest BCUT2D eigenvalue weighted by Crippen LogP contribution is 2.28. The van der Waals surface area contributed by atoms with Crippen molar-refractivity contribution < 1.29 is 8.78 Å². The van der Waals surface area contributed by atoms with Crippen LogP contribution in [0.1, 0.15) is 24.5 Å². The second-order valence-electron chi connectivity index (χ2n) is 4.96. The Morgan fingerprint density at radius 1 is 1.00 bits per heavy atom. The van der Waals surface area contributed by atoms with E-state index in [0.717, 1.165) is 29.7 Å². The van der Waals surface area contributed by atoms with Crippen LogP contribution in [0.15, 0.2) is 36.4 Å². The Kier molecular flexibility index (Phi) is 4.85. The van der Waals surface area contributed by atoms with E-state index in [9.17, 15) is 8.78 Å². The number of halogens is 2. The monoisotopic (exact) mass is 275 g/mol. The lowest BCUT2D eigenvalue weighted by molar-refractivity contribution is 0.617. The quantitative estimate of drug-likeness (QED) is 0.795. The van der Waals surface area contributed by atoms with Crippen LogP contribution in [0.5, 0.6) is 0 Å². The lowest BCUT2D eigenvalue weighted by atomic mass is 9.97. The summed E-state index contributed by atoms with van der Waals surface area (Å²) in [4.78, 5) is 0. The molecule has 1 N–H and O–H groups in total. The van der Waals surface area contributed by atoms with E-state index in [-0.39, 0.29) is 11.6 Å². The SMILES string of the molecule is CCCNCc1cc(F)ccc1-c1cc(C)ccc1F. The molecule has 2 rings (SSSR count). The summed E-state index contributed by atoms with van der Waals surface area (Å²) in [7, 11) is 0. The van der Waals surface area contributed by atoms with Crippen molar-refractivity contribution in [2.24, 2.45) is 0 Å². The van der Waals surface area contributed by atoms with E-state index in [1.54, 1.807) is 18.2 Å². The maximum absolute atomic E-state index is 14.0. The fourth-order valence-electron chi connectivity index (χ4n) is 2.22. The van der Waals surface area contributed by atoms with Gasteiger partial charge in [-0.3, -0.25) is 0 Å². The first-order valence-corrected chi connectivity index (χ1v) is 6.87. The molecule has 0 aliphatic heterocycles. The van der Waals surface area contributed by atoms with Crippen LogP contribution in [0.3, 0.4) is 0 Å². The number of nitrogens with one attached hydrogen (secondary N) is 1. The highest BCUT2D eigenvalue weighted by atomic mass is 19.1. The van der Waals surface area contributed by atoms with Crippen LogP contribution >= 0.6 is 0 Å². The van der Waals surface area contributed by atoms with E-state index >= 15 is 0 Å². The van der Waals surface area contributed by atoms with Crippen molar-refractivity contribution in [1.29, 1.82) is 0 Å². The van der Waals surface area contributed by atoms with Crippen molar-refractivity contribution in [2.45, 2.75) is 26.8 Å². The van der Waals surface area contributed by atoms with Crippen molar-refractivity contribution in [3.05, 3.63) is 59.2 Å². The molecule has 0 aromatic heterocycles. The molecule has 2 aromatic rings. The van der Waals surface area contributed by atoms with Crippen LogP contribution in [0, 0.1) is 18.6 Å². The standard InChI is InChI=1S/C17H19F2N/c1-3-8-20-11-13-10-14(18)5-6-15(13)16-9-12(2)4-7-17(16)19/h4-7,9-10,20H,3,8,11H2,1-2H3. The smallest absolute Gasteiger partial charge is 0.131 e. The van der Waals surface area contributed by atoms with Crippen molar-refractivity contribution in [3.63, 3.8) is 0 Å². The van der Waals surface area contributed by atoms with Crippen molar-refractivity contribution in [3.8, 4) is 11.1 Å². The summed E-state index contributed by atoms with van der Waals surface area (Å²) in [6, 6.07) is 9.48. The molecule has 0 atom stereocenters. The molecule has 20 heavy (non-hydrogen) atoms. The summed E-state index contributed by atoms with van der Waals surface area (Å²) in [5, 5.41) is 3.23. The van der Waals surface area contributed by atoms with Crippen LogP contribution in [-0.4, -0.2) is 6.54 Å². The maximum Gasteiger partial charge on any atom is 0.131 e. The van der Waals surface area contributed by atoms with Crippen LogP contribution < -0.4 is 5.32 Å². The van der Waals surface area contributed by atoms with Gasteiger partial charge < -0.3 is 5.32 Å². The van der Waals surface area contributed by atoms with Crippen molar-refractivity contribution in [2.75, 3.05) is 6.54 Å². The van der Waals surface area contributed by atoms with Crippen LogP contribution in [0.4, 0.5) is 8.78 Å². The maximum atomic E-state index is 14.0. The zero-order valence-electron chi connectivity index (χ0n) is 11.8. The number of benzene rings is 2. The minimum absolute atomic E-state index is 0.279. The lowest BCUT2D eigenvalue weighted by Crippen LogP contribution is -2.14. The van der Waals surface area contributed by atoms with Crippen LogP contribution in [0.25, 0.3) is 11.1 Å². The zero-order chi connectivity index (χ0) is 14.5. The number of rotatable bonds is 5. The van der Waals surface area contributed by atoms with Gasteiger partial charge in [-0.25, -0.2) is 8.78 Å². The van der Waals surface area contributed by atoms with Crippen LogP contribution in [0.2, 0.25) is 0 Å². The topological polar surface area (TPSA) is 12.0 Å². The largest absolute Gasteiger partial charge is 0.313 e. The van der Waals surface area contributed by atoms with Gasteiger partial charge in [0.15, 0.2) is 0 Å². The molecule has 0 bridgehead atoms. The van der Waals surface area contributed by atoms with Gasteiger partial charge in [-0.1, -0.05) is 24.6 Å². The van der Waals surface area contributed by atoms with Gasteiger partial charge in [0.25, 0.3) is 0 Å². The molecule has 1 nitrogen and oxygen atoms in total. The molecule has 0 spiro atoms. The molecule has 0 aliphatic carbocycles. The second-order valence-corrected chi connectivity index (χ2v) is 4.96. The summed E-state index contributed by atoms with van der Waals surface area (Å²) < 4.78 is 27.4. The Bertz CT molecular complexity index is 594. The summed E-state index contributed by atoms with van der Waals surface area (Å²) in [6.07, 6.45) is 1.00. The molecular formula is C17H19F2N. The average Bonchev–Trinajstić information content (AvgIpc) is 2.42. The highest BCUT2D eigenvalue weighted by molar-refractivity contribution is 5.68. The predicted molar refractivity (Wildman–Crippen MR) is 78.5 cm³/mol. The fraction of sp³-hybridized carbons (Fsp3) is 0.294. The molecule has 0 saturated heterocycles. The molecule has 106 valence electrons. The fourth-order valence-corrected chi connectivity index (χ4v) is 2.22. The van der Waals surface area contributed by atoms with Crippen molar-refractivity contribution in [1.82, 2.24) is 5.32 Å². The third-order valence-corrected chi connectivity index (χ3v) is 3.22. The molecule has 0 unspecified atom stereocenters. The Morgan fingerprint density at radius 2 is 1.80 bits per heavy atom. The molecule has 0 heterocycles. The van der Waals surface area contributed by atoms with Gasteiger partial charge in [0.1, 0.15) is 11.6 Å². The first-order valence-electron chi connectivity index (χ1n) is 6.87. The summed E-state index contributed by atoms with van der Waals surface area (Å²) in [6.45, 7) is 5.38. The van der Waals surface area contributed by atoms with Gasteiger partial charge in [-0.05, 0) is 55.3 Å². The van der Waals surface area contributed by atoms with Gasteiger partial charge in [0, 0.05) is 12.1 Å². The van der Waals surface area contributed by atoms with E-state index in [1.165, 1.54) is 18.2 Å². The Hall–Kier alpha value is -1.74. The van der Waals surface area contributed by atoms with Gasteiger partial charge >= 0.3 is 0 Å². The minimum atomic E-state index is -0.296. The first-order chi connectivity index (χ1) is 9.61. The second kappa shape index (κ2) is 6.62. The molecule has 0 amide bonds. The third-order valence-electron chi connectivity index (χ3n) is 3.22. The molecule has 2 aromatic carbocycles. The molecule has 0 aliphatic rings. The van der Waals surface area contributed by atoms with Gasteiger partial charge in [0.05, 0.1) is 0 Å². The molecular weight excluding hydrogens is 256 g/mol. The minimum Gasteiger partial charge on any atom is -0.313 e. The number of hydrogen-bond acceptors (Lipinski definition) is 1. The summed E-state index contributed by atoms with van der Waals surface area (Å²) in [5.41, 5.74) is 3.04. The summed E-state index contributed by atoms with van der Waals surface area (Å²) in [5.74, 6) is -0.575. The van der Waals surface area contributed by atoms with Crippen LogP contribution in [-0.2, 0) is 6.54 Å². The molecule has 0 radical (unpaired) electrons. The number of hydrogen-bond donors (Lipinski definition) is 1. The molecule has 0 fully saturated rings.